The van der Waals surface area contributed by atoms with Crippen molar-refractivity contribution in [3.8, 4) is 0 Å². The highest BCUT2D eigenvalue weighted by Crippen LogP contribution is 2.08. The van der Waals surface area contributed by atoms with Crippen molar-refractivity contribution in [2.24, 2.45) is 0 Å². The van der Waals surface area contributed by atoms with E-state index in [4.69, 9.17) is 0 Å². The van der Waals surface area contributed by atoms with Gasteiger partial charge in [-0.05, 0) is 29.8 Å². The second kappa shape index (κ2) is 6.10. The number of hydrogen-bond acceptors (Lipinski definition) is 4. The molecule has 0 aliphatic carbocycles. The Morgan fingerprint density at radius 3 is 2.65 bits per heavy atom. The highest BCUT2D eigenvalue weighted by Gasteiger charge is 2.09. The molecule has 0 spiro atoms. The highest BCUT2D eigenvalue weighted by atomic mass is 19.1. The minimum absolute atomic E-state index is 0.200. The number of anilines is 1. The van der Waals surface area contributed by atoms with Crippen molar-refractivity contribution in [2.75, 3.05) is 19.4 Å². The highest BCUT2D eigenvalue weighted by molar-refractivity contribution is 5.91. The van der Waals surface area contributed by atoms with E-state index in [2.05, 4.69) is 15.5 Å². The summed E-state index contributed by atoms with van der Waals surface area (Å²) in [6.45, 7) is 0.438. The molecule has 0 aliphatic rings. The summed E-state index contributed by atoms with van der Waals surface area (Å²) in [5, 5.41) is 10.8. The second-order valence-corrected chi connectivity index (χ2v) is 4.49. The maximum atomic E-state index is 13.0. The summed E-state index contributed by atoms with van der Waals surface area (Å²) in [5.74, 6) is 0.0565. The van der Waals surface area contributed by atoms with Gasteiger partial charge in [-0.1, -0.05) is 12.1 Å². The van der Waals surface area contributed by atoms with Gasteiger partial charge in [-0.25, -0.2) is 4.39 Å². The molecule has 1 heterocycles. The predicted molar refractivity (Wildman–Crippen MR) is 73.8 cm³/mol. The van der Waals surface area contributed by atoms with Gasteiger partial charge in [0, 0.05) is 20.6 Å². The molecule has 1 N–H and O–H groups in total. The SMILES string of the molecule is CN(C)C(=O)c1ccc(NCc2cccc(F)c2)nn1. The van der Waals surface area contributed by atoms with Crippen molar-refractivity contribution in [1.29, 1.82) is 0 Å². The van der Waals surface area contributed by atoms with Gasteiger partial charge >= 0.3 is 0 Å². The van der Waals surface area contributed by atoms with Crippen molar-refractivity contribution in [1.82, 2.24) is 15.1 Å². The van der Waals surface area contributed by atoms with Crippen LogP contribution < -0.4 is 5.32 Å². The molecule has 0 unspecified atom stereocenters. The molecule has 2 aromatic rings. The molecule has 104 valence electrons. The zero-order valence-electron chi connectivity index (χ0n) is 11.3. The van der Waals surface area contributed by atoms with Crippen LogP contribution in [0, 0.1) is 5.82 Å². The number of hydrogen-bond donors (Lipinski definition) is 1. The van der Waals surface area contributed by atoms with Gasteiger partial charge in [0.15, 0.2) is 5.69 Å². The molecule has 0 fully saturated rings. The van der Waals surface area contributed by atoms with Gasteiger partial charge in [0.2, 0.25) is 0 Å². The van der Waals surface area contributed by atoms with Crippen LogP contribution in [0.5, 0.6) is 0 Å². The molecule has 0 radical (unpaired) electrons. The lowest BCUT2D eigenvalue weighted by Gasteiger charge is -2.09. The van der Waals surface area contributed by atoms with Crippen LogP contribution in [0.4, 0.5) is 10.2 Å². The van der Waals surface area contributed by atoms with Crippen LogP contribution in [0.2, 0.25) is 0 Å². The van der Waals surface area contributed by atoms with E-state index in [0.29, 0.717) is 12.4 Å². The summed E-state index contributed by atoms with van der Waals surface area (Å²) in [6.07, 6.45) is 0. The molecule has 5 nitrogen and oxygen atoms in total. The summed E-state index contributed by atoms with van der Waals surface area (Å²) in [5.41, 5.74) is 1.09. The van der Waals surface area contributed by atoms with Crippen LogP contribution in [-0.2, 0) is 6.54 Å². The number of nitrogens with one attached hydrogen (secondary N) is 1. The molecule has 0 saturated carbocycles. The van der Waals surface area contributed by atoms with E-state index < -0.39 is 0 Å². The summed E-state index contributed by atoms with van der Waals surface area (Å²) < 4.78 is 13.0. The van der Waals surface area contributed by atoms with E-state index in [1.807, 2.05) is 6.07 Å². The Hall–Kier alpha value is -2.50. The average Bonchev–Trinajstić information content (AvgIpc) is 2.45. The smallest absolute Gasteiger partial charge is 0.273 e. The Bertz CT molecular complexity index is 598. The first kappa shape index (κ1) is 13.9. The molecule has 1 amide bonds. The first-order valence-electron chi connectivity index (χ1n) is 6.10. The molecule has 0 saturated heterocycles. The zero-order chi connectivity index (χ0) is 14.5. The maximum Gasteiger partial charge on any atom is 0.273 e. The minimum Gasteiger partial charge on any atom is -0.365 e. The molecular weight excluding hydrogens is 259 g/mol. The number of amides is 1. The average molecular weight is 274 g/mol. The predicted octanol–water partition coefficient (Wildman–Crippen LogP) is 1.93. The fourth-order valence-corrected chi connectivity index (χ4v) is 1.61. The molecular formula is C14H15FN4O. The van der Waals surface area contributed by atoms with Crippen LogP contribution >= 0.6 is 0 Å². The van der Waals surface area contributed by atoms with Gasteiger partial charge in [0.25, 0.3) is 5.91 Å². The normalized spacial score (nSPS) is 10.2. The Morgan fingerprint density at radius 2 is 2.05 bits per heavy atom. The molecule has 0 atom stereocenters. The van der Waals surface area contributed by atoms with Crippen LogP contribution in [0.1, 0.15) is 16.1 Å². The van der Waals surface area contributed by atoms with Crippen molar-refractivity contribution < 1.29 is 9.18 Å². The van der Waals surface area contributed by atoms with Gasteiger partial charge in [-0.15, -0.1) is 10.2 Å². The first-order chi connectivity index (χ1) is 9.56. The van der Waals surface area contributed by atoms with Crippen molar-refractivity contribution in [2.45, 2.75) is 6.54 Å². The quantitative estimate of drug-likeness (QED) is 0.925. The van der Waals surface area contributed by atoms with Crippen molar-refractivity contribution in [3.05, 3.63) is 53.5 Å². The van der Waals surface area contributed by atoms with Gasteiger partial charge in [-0.2, -0.15) is 0 Å². The fraction of sp³-hybridized carbons (Fsp3) is 0.214. The van der Waals surface area contributed by atoms with Gasteiger partial charge in [0.05, 0.1) is 0 Å². The first-order valence-corrected chi connectivity index (χ1v) is 6.10. The molecule has 0 bridgehead atoms. The number of benzene rings is 1. The van der Waals surface area contributed by atoms with E-state index >= 15 is 0 Å². The molecule has 6 heteroatoms. The number of carbonyl (C=O) groups excluding carboxylic acids is 1. The van der Waals surface area contributed by atoms with Gasteiger partial charge in [-0.3, -0.25) is 4.79 Å². The number of halogens is 1. The minimum atomic E-state index is -0.276. The molecule has 2 rings (SSSR count). The van der Waals surface area contributed by atoms with Crippen LogP contribution in [0.3, 0.4) is 0 Å². The lowest BCUT2D eigenvalue weighted by molar-refractivity contribution is 0.0821. The number of aromatic nitrogens is 2. The van der Waals surface area contributed by atoms with E-state index in [0.717, 1.165) is 5.56 Å². The van der Waals surface area contributed by atoms with Crippen LogP contribution in [-0.4, -0.2) is 35.1 Å². The zero-order valence-corrected chi connectivity index (χ0v) is 11.3. The van der Waals surface area contributed by atoms with Gasteiger partial charge in [0.1, 0.15) is 11.6 Å². The Labute approximate surface area is 116 Å². The lowest BCUT2D eigenvalue weighted by atomic mass is 10.2. The summed E-state index contributed by atoms with van der Waals surface area (Å²) in [4.78, 5) is 13.1. The molecule has 1 aromatic heterocycles. The number of nitrogens with zero attached hydrogens (tertiary/aromatic N) is 3. The van der Waals surface area contributed by atoms with E-state index in [9.17, 15) is 9.18 Å². The topological polar surface area (TPSA) is 58.1 Å². The third-order valence-corrected chi connectivity index (χ3v) is 2.65. The van der Waals surface area contributed by atoms with E-state index in [1.165, 1.54) is 17.0 Å². The maximum absolute atomic E-state index is 13.0. The fourth-order valence-electron chi connectivity index (χ4n) is 1.61. The Kier molecular flexibility index (Phi) is 4.24. The second-order valence-electron chi connectivity index (χ2n) is 4.49. The molecule has 20 heavy (non-hydrogen) atoms. The largest absolute Gasteiger partial charge is 0.365 e. The van der Waals surface area contributed by atoms with Crippen LogP contribution in [0.25, 0.3) is 0 Å². The van der Waals surface area contributed by atoms with Crippen molar-refractivity contribution >= 4 is 11.7 Å². The van der Waals surface area contributed by atoms with E-state index in [-0.39, 0.29) is 17.4 Å². The lowest BCUT2D eigenvalue weighted by Crippen LogP contribution is -2.23. The third-order valence-electron chi connectivity index (χ3n) is 2.65. The Morgan fingerprint density at radius 1 is 1.25 bits per heavy atom. The number of rotatable bonds is 4. The summed E-state index contributed by atoms with van der Waals surface area (Å²) in [7, 11) is 3.31. The standard InChI is InChI=1S/C14H15FN4O/c1-19(2)14(20)12-6-7-13(18-17-12)16-9-10-4-3-5-11(15)8-10/h3-8H,9H2,1-2H3,(H,16,18). The van der Waals surface area contributed by atoms with Crippen LogP contribution in [0.15, 0.2) is 36.4 Å². The Balaban J connectivity index is 1.99. The number of carbonyl (C=O) groups is 1. The molecule has 0 aliphatic heterocycles. The summed E-state index contributed by atoms with van der Waals surface area (Å²) >= 11 is 0. The third kappa shape index (κ3) is 3.50. The van der Waals surface area contributed by atoms with Gasteiger partial charge < -0.3 is 10.2 Å². The van der Waals surface area contributed by atoms with Crippen molar-refractivity contribution in [3.63, 3.8) is 0 Å². The monoisotopic (exact) mass is 274 g/mol. The van der Waals surface area contributed by atoms with E-state index in [1.54, 1.807) is 32.3 Å². The molecule has 1 aromatic carbocycles. The summed E-state index contributed by atoms with van der Waals surface area (Å²) in [6, 6.07) is 9.58.